The van der Waals surface area contributed by atoms with Crippen LogP contribution in [0.3, 0.4) is 0 Å². The first-order valence-electron chi connectivity index (χ1n) is 8.88. The van der Waals surface area contributed by atoms with Gasteiger partial charge in [-0.05, 0) is 54.7 Å². The van der Waals surface area contributed by atoms with E-state index in [2.05, 4.69) is 0 Å². The molecular formula is C21H21F2NO3. The summed E-state index contributed by atoms with van der Waals surface area (Å²) in [5.74, 6) is -1.58. The second-order valence-corrected chi connectivity index (χ2v) is 6.74. The molecule has 27 heavy (non-hydrogen) atoms. The number of aryl methyl sites for hydroxylation is 1. The SMILES string of the molecule is COc1ccc(CCCC2CC(=O)N(Cc3cc(F)cc(F)c3)C2=O)cc1. The molecule has 2 amide bonds. The Bertz CT molecular complexity index is 816. The fraction of sp³-hybridized carbons (Fsp3) is 0.333. The second-order valence-electron chi connectivity index (χ2n) is 6.74. The average molecular weight is 373 g/mol. The highest BCUT2D eigenvalue weighted by molar-refractivity contribution is 6.03. The summed E-state index contributed by atoms with van der Waals surface area (Å²) in [4.78, 5) is 25.8. The third-order valence-electron chi connectivity index (χ3n) is 4.78. The summed E-state index contributed by atoms with van der Waals surface area (Å²) < 4.78 is 31.7. The fourth-order valence-electron chi connectivity index (χ4n) is 3.37. The number of nitrogens with zero attached hydrogens (tertiary/aromatic N) is 1. The molecule has 1 fully saturated rings. The van der Waals surface area contributed by atoms with E-state index in [-0.39, 0.29) is 36.3 Å². The minimum Gasteiger partial charge on any atom is -0.497 e. The number of hydrogen-bond acceptors (Lipinski definition) is 3. The molecule has 3 rings (SSSR count). The largest absolute Gasteiger partial charge is 0.497 e. The number of carbonyl (C=O) groups is 2. The first kappa shape index (κ1) is 19.0. The van der Waals surface area contributed by atoms with Gasteiger partial charge in [0.1, 0.15) is 17.4 Å². The van der Waals surface area contributed by atoms with Crippen molar-refractivity contribution in [2.75, 3.05) is 7.11 Å². The number of hydrogen-bond donors (Lipinski definition) is 0. The summed E-state index contributed by atoms with van der Waals surface area (Å²) in [6.45, 7) is -0.0959. The zero-order valence-electron chi connectivity index (χ0n) is 15.1. The number of benzene rings is 2. The molecule has 1 saturated heterocycles. The molecule has 0 radical (unpaired) electrons. The molecule has 6 heteroatoms. The van der Waals surface area contributed by atoms with Crippen molar-refractivity contribution in [2.24, 2.45) is 5.92 Å². The van der Waals surface area contributed by atoms with E-state index in [0.29, 0.717) is 6.42 Å². The van der Waals surface area contributed by atoms with Crippen molar-refractivity contribution in [3.63, 3.8) is 0 Å². The first-order valence-corrected chi connectivity index (χ1v) is 8.88. The van der Waals surface area contributed by atoms with Crippen LogP contribution in [-0.2, 0) is 22.6 Å². The molecule has 0 bridgehead atoms. The minimum atomic E-state index is -0.722. The lowest BCUT2D eigenvalue weighted by atomic mass is 9.98. The zero-order valence-corrected chi connectivity index (χ0v) is 15.1. The van der Waals surface area contributed by atoms with Crippen LogP contribution >= 0.6 is 0 Å². The molecular weight excluding hydrogens is 352 g/mol. The maximum Gasteiger partial charge on any atom is 0.233 e. The third kappa shape index (κ3) is 4.70. The van der Waals surface area contributed by atoms with Crippen molar-refractivity contribution in [3.05, 3.63) is 65.2 Å². The fourth-order valence-corrected chi connectivity index (χ4v) is 3.37. The maximum atomic E-state index is 13.3. The van der Waals surface area contributed by atoms with Gasteiger partial charge >= 0.3 is 0 Å². The lowest BCUT2D eigenvalue weighted by Crippen LogP contribution is -2.30. The van der Waals surface area contributed by atoms with Gasteiger partial charge in [0.15, 0.2) is 0 Å². The van der Waals surface area contributed by atoms with E-state index in [1.54, 1.807) is 7.11 Å². The van der Waals surface area contributed by atoms with Crippen LogP contribution in [0.4, 0.5) is 8.78 Å². The van der Waals surface area contributed by atoms with Crippen LogP contribution in [0.15, 0.2) is 42.5 Å². The Balaban J connectivity index is 1.55. The zero-order chi connectivity index (χ0) is 19.4. The van der Waals surface area contributed by atoms with Crippen molar-refractivity contribution in [3.8, 4) is 5.75 Å². The highest BCUT2D eigenvalue weighted by Gasteiger charge is 2.37. The van der Waals surface area contributed by atoms with Gasteiger partial charge in [-0.15, -0.1) is 0 Å². The average Bonchev–Trinajstić information content (AvgIpc) is 2.89. The standard InChI is InChI=1S/C21H21F2NO3/c1-27-19-7-5-14(6-8-19)3-2-4-16-11-20(25)24(21(16)26)13-15-9-17(22)12-18(23)10-15/h5-10,12,16H,2-4,11,13H2,1H3. The van der Waals surface area contributed by atoms with Gasteiger partial charge in [-0.3, -0.25) is 14.5 Å². The van der Waals surface area contributed by atoms with Crippen molar-refractivity contribution < 1.29 is 23.1 Å². The monoisotopic (exact) mass is 373 g/mol. The smallest absolute Gasteiger partial charge is 0.233 e. The summed E-state index contributed by atoms with van der Waals surface area (Å²) in [5, 5.41) is 0. The number of carbonyl (C=O) groups excluding carboxylic acids is 2. The normalized spacial score (nSPS) is 16.9. The van der Waals surface area contributed by atoms with Crippen molar-refractivity contribution in [1.82, 2.24) is 4.90 Å². The number of ether oxygens (including phenoxy) is 1. The van der Waals surface area contributed by atoms with Crippen LogP contribution in [0, 0.1) is 17.6 Å². The molecule has 2 aromatic rings. The molecule has 1 unspecified atom stereocenters. The Morgan fingerprint density at radius 3 is 2.33 bits per heavy atom. The number of methoxy groups -OCH3 is 1. The van der Waals surface area contributed by atoms with Gasteiger partial charge in [-0.1, -0.05) is 12.1 Å². The Hall–Kier alpha value is -2.76. The third-order valence-corrected chi connectivity index (χ3v) is 4.78. The second kappa shape index (κ2) is 8.29. The van der Waals surface area contributed by atoms with E-state index in [1.165, 1.54) is 0 Å². The van der Waals surface area contributed by atoms with Gasteiger partial charge in [0.25, 0.3) is 0 Å². The number of halogens is 2. The Morgan fingerprint density at radius 2 is 1.70 bits per heavy atom. The van der Waals surface area contributed by atoms with Gasteiger partial charge in [0.2, 0.25) is 11.8 Å². The Kier molecular flexibility index (Phi) is 5.84. The molecule has 0 saturated carbocycles. The van der Waals surface area contributed by atoms with Gasteiger partial charge in [0, 0.05) is 18.4 Å². The predicted molar refractivity (Wildman–Crippen MR) is 96.0 cm³/mol. The van der Waals surface area contributed by atoms with Crippen molar-refractivity contribution in [1.29, 1.82) is 0 Å². The molecule has 0 aromatic heterocycles. The topological polar surface area (TPSA) is 46.6 Å². The lowest BCUT2D eigenvalue weighted by Gasteiger charge is -2.15. The van der Waals surface area contributed by atoms with Gasteiger partial charge in [-0.2, -0.15) is 0 Å². The minimum absolute atomic E-state index is 0.0959. The van der Waals surface area contributed by atoms with Crippen LogP contribution in [-0.4, -0.2) is 23.8 Å². The molecule has 0 N–H and O–H groups in total. The summed E-state index contributed by atoms with van der Waals surface area (Å²) in [6, 6.07) is 10.8. The van der Waals surface area contributed by atoms with E-state index in [4.69, 9.17) is 4.74 Å². The van der Waals surface area contributed by atoms with E-state index in [0.717, 1.165) is 47.3 Å². The van der Waals surface area contributed by atoms with E-state index in [1.807, 2.05) is 24.3 Å². The summed E-state index contributed by atoms with van der Waals surface area (Å²) in [7, 11) is 1.61. The van der Waals surface area contributed by atoms with Crippen LogP contribution in [0.2, 0.25) is 0 Å². The van der Waals surface area contributed by atoms with Crippen LogP contribution in [0.1, 0.15) is 30.4 Å². The van der Waals surface area contributed by atoms with Gasteiger partial charge in [0.05, 0.1) is 13.7 Å². The van der Waals surface area contributed by atoms with Gasteiger partial charge < -0.3 is 4.74 Å². The number of amides is 2. The van der Waals surface area contributed by atoms with E-state index >= 15 is 0 Å². The first-order chi connectivity index (χ1) is 13.0. The van der Waals surface area contributed by atoms with Crippen LogP contribution < -0.4 is 4.74 Å². The molecule has 0 aliphatic carbocycles. The molecule has 142 valence electrons. The Morgan fingerprint density at radius 1 is 1.04 bits per heavy atom. The van der Waals surface area contributed by atoms with Gasteiger partial charge in [-0.25, -0.2) is 8.78 Å². The summed E-state index contributed by atoms with van der Waals surface area (Å²) in [6.07, 6.45) is 2.33. The molecule has 1 aliphatic rings. The lowest BCUT2D eigenvalue weighted by molar-refractivity contribution is -0.140. The van der Waals surface area contributed by atoms with E-state index in [9.17, 15) is 18.4 Å². The van der Waals surface area contributed by atoms with Crippen LogP contribution in [0.25, 0.3) is 0 Å². The summed E-state index contributed by atoms with van der Waals surface area (Å²) in [5.41, 5.74) is 1.41. The number of imide groups is 1. The predicted octanol–water partition coefficient (Wildman–Crippen LogP) is 3.87. The van der Waals surface area contributed by atoms with Crippen LogP contribution in [0.5, 0.6) is 5.75 Å². The quantitative estimate of drug-likeness (QED) is 0.692. The molecule has 1 heterocycles. The van der Waals surface area contributed by atoms with Crippen molar-refractivity contribution >= 4 is 11.8 Å². The summed E-state index contributed by atoms with van der Waals surface area (Å²) >= 11 is 0. The highest BCUT2D eigenvalue weighted by Crippen LogP contribution is 2.27. The molecule has 2 aromatic carbocycles. The van der Waals surface area contributed by atoms with E-state index < -0.39 is 11.6 Å². The molecule has 4 nitrogen and oxygen atoms in total. The molecule has 0 spiro atoms. The molecule has 1 atom stereocenters. The molecule has 1 aliphatic heterocycles. The Labute approximate surface area is 156 Å². The van der Waals surface area contributed by atoms with Crippen molar-refractivity contribution in [2.45, 2.75) is 32.2 Å². The number of likely N-dealkylation sites (tertiary alicyclic amines) is 1. The maximum absolute atomic E-state index is 13.3. The number of rotatable bonds is 7. The highest BCUT2D eigenvalue weighted by atomic mass is 19.1.